The Hall–Kier alpha value is -1.74. The highest BCUT2D eigenvalue weighted by Crippen LogP contribution is 2.26. The monoisotopic (exact) mass is 469 g/mol. The minimum absolute atomic E-state index is 0.269. The molecule has 1 aliphatic heterocycles. The second-order valence-corrected chi connectivity index (χ2v) is 9.00. The maximum absolute atomic E-state index is 13.3. The van der Waals surface area contributed by atoms with Crippen LogP contribution in [0.15, 0.2) is 48.5 Å². The van der Waals surface area contributed by atoms with E-state index >= 15 is 0 Å². The molecule has 0 aliphatic carbocycles. The fourth-order valence-electron chi connectivity index (χ4n) is 3.64. The summed E-state index contributed by atoms with van der Waals surface area (Å²) < 4.78 is 13.3. The molecule has 1 fully saturated rings. The molecule has 1 amide bonds. The highest BCUT2D eigenvalue weighted by molar-refractivity contribution is 6.53. The quantitative estimate of drug-likeness (QED) is 0.421. The Labute approximate surface area is 190 Å². The summed E-state index contributed by atoms with van der Waals surface area (Å²) in [6.45, 7) is 1.20. The largest absolute Gasteiger partial charge is 0.386 e. The van der Waals surface area contributed by atoms with E-state index in [9.17, 15) is 19.4 Å². The normalized spacial score (nSPS) is 17.8. The number of aliphatic hydroxyl groups is 2. The number of hydrogen-bond acceptors (Lipinski definition) is 5. The van der Waals surface area contributed by atoms with Crippen molar-refractivity contribution in [1.82, 2.24) is 10.2 Å². The first-order valence-electron chi connectivity index (χ1n) is 9.91. The smallest absolute Gasteiger partial charge is 0.253 e. The van der Waals surface area contributed by atoms with Crippen LogP contribution >= 0.6 is 23.2 Å². The Morgan fingerprint density at radius 1 is 1.13 bits per heavy atom. The second kappa shape index (κ2) is 10.3. The Bertz CT molecular complexity index is 875. The van der Waals surface area contributed by atoms with E-state index in [1.165, 1.54) is 0 Å². The number of hydrogen-bond donors (Lipinski definition) is 4. The number of rotatable bonds is 9. The molecule has 1 aliphatic rings. The van der Waals surface area contributed by atoms with Crippen LogP contribution in [-0.4, -0.2) is 63.8 Å². The maximum atomic E-state index is 13.3. The number of carbonyl (C=O) groups excluding carboxylic acids is 1. The molecular formula is C22H26Cl2FN3O3. The summed E-state index contributed by atoms with van der Waals surface area (Å²) in [7, 11) is 0. The number of nitrogens with one attached hydrogen (secondary N) is 1. The molecule has 6 nitrogen and oxygen atoms in total. The van der Waals surface area contributed by atoms with Crippen molar-refractivity contribution in [3.63, 3.8) is 0 Å². The summed E-state index contributed by atoms with van der Waals surface area (Å²) in [4.78, 5) is 12.4. The van der Waals surface area contributed by atoms with Gasteiger partial charge in [0.2, 0.25) is 0 Å². The van der Waals surface area contributed by atoms with Gasteiger partial charge in [-0.15, -0.1) is 0 Å². The van der Waals surface area contributed by atoms with Gasteiger partial charge in [0.25, 0.3) is 5.91 Å². The number of halogens is 3. The third-order valence-corrected chi connectivity index (χ3v) is 5.83. The molecule has 168 valence electrons. The summed E-state index contributed by atoms with van der Waals surface area (Å²) in [5.41, 5.74) is 8.33. The van der Waals surface area contributed by atoms with E-state index in [1.54, 1.807) is 12.1 Å². The van der Waals surface area contributed by atoms with E-state index in [0.717, 1.165) is 23.2 Å². The van der Waals surface area contributed by atoms with Crippen molar-refractivity contribution in [2.24, 2.45) is 5.73 Å². The van der Waals surface area contributed by atoms with Crippen molar-refractivity contribution >= 4 is 29.1 Å². The van der Waals surface area contributed by atoms with Gasteiger partial charge in [-0.2, -0.15) is 0 Å². The van der Waals surface area contributed by atoms with Gasteiger partial charge in [-0.1, -0.05) is 71.7 Å². The summed E-state index contributed by atoms with van der Waals surface area (Å²) in [5.74, 6) is -0.757. The molecular weight excluding hydrogens is 444 g/mol. The molecule has 0 bridgehead atoms. The first-order chi connectivity index (χ1) is 14.7. The number of aliphatic hydroxyl groups excluding tert-OH is 1. The van der Waals surface area contributed by atoms with E-state index in [-0.39, 0.29) is 6.54 Å². The van der Waals surface area contributed by atoms with Crippen LogP contribution < -0.4 is 11.1 Å². The number of likely N-dealkylation sites (tertiary alicyclic amines) is 1. The molecule has 2 atom stereocenters. The Kier molecular flexibility index (Phi) is 7.91. The van der Waals surface area contributed by atoms with Crippen LogP contribution in [0.5, 0.6) is 0 Å². The lowest BCUT2D eigenvalue weighted by Crippen LogP contribution is -2.64. The van der Waals surface area contributed by atoms with Gasteiger partial charge in [0.1, 0.15) is 18.4 Å². The van der Waals surface area contributed by atoms with Crippen molar-refractivity contribution in [2.45, 2.75) is 29.1 Å². The van der Waals surface area contributed by atoms with Crippen LogP contribution in [0.2, 0.25) is 0 Å². The number of carbonyl (C=O) groups is 1. The lowest BCUT2D eigenvalue weighted by molar-refractivity contribution is -0.121. The highest BCUT2D eigenvalue weighted by atomic mass is 35.5. The molecule has 0 saturated carbocycles. The van der Waals surface area contributed by atoms with E-state index in [0.29, 0.717) is 18.7 Å². The predicted octanol–water partition coefficient (Wildman–Crippen LogP) is 2.15. The highest BCUT2D eigenvalue weighted by Gasteiger charge is 2.39. The van der Waals surface area contributed by atoms with Crippen LogP contribution in [0.4, 0.5) is 4.39 Å². The average molecular weight is 470 g/mol. The minimum Gasteiger partial charge on any atom is -0.386 e. The first-order valence-corrected chi connectivity index (χ1v) is 10.8. The molecule has 1 saturated heterocycles. The van der Waals surface area contributed by atoms with Gasteiger partial charge in [-0.25, -0.2) is 4.39 Å². The van der Waals surface area contributed by atoms with E-state index in [1.807, 2.05) is 36.4 Å². The van der Waals surface area contributed by atoms with E-state index in [2.05, 4.69) is 10.2 Å². The summed E-state index contributed by atoms with van der Waals surface area (Å²) in [5, 5.41) is 22.7. The second-order valence-electron chi connectivity index (χ2n) is 7.91. The molecule has 2 aromatic rings. The molecule has 5 N–H and O–H groups in total. The Morgan fingerprint density at radius 3 is 2.16 bits per heavy atom. The van der Waals surface area contributed by atoms with Gasteiger partial charge in [-0.05, 0) is 22.3 Å². The molecule has 0 spiro atoms. The lowest BCUT2D eigenvalue weighted by Gasteiger charge is -2.45. The van der Waals surface area contributed by atoms with Crippen LogP contribution in [0.25, 0.3) is 11.1 Å². The molecule has 0 radical (unpaired) electrons. The van der Waals surface area contributed by atoms with E-state index in [4.69, 9.17) is 28.9 Å². The standard InChI is InChI=1S/C22H26Cl2FN3O3/c23-20(24)21(30)27-18(9-25)19(29)17-7-5-16(6-8-17)15-3-1-14(2-4-15)10-28-12-22(31,11-26)13-28/h1-8,18-20,29,31H,9-13,26H2,(H,27,30). The summed E-state index contributed by atoms with van der Waals surface area (Å²) >= 11 is 10.9. The fourth-order valence-corrected chi connectivity index (χ4v) is 3.77. The van der Waals surface area contributed by atoms with Crippen molar-refractivity contribution < 1.29 is 19.4 Å². The van der Waals surface area contributed by atoms with Crippen LogP contribution in [0.1, 0.15) is 17.2 Å². The van der Waals surface area contributed by atoms with E-state index < -0.39 is 35.2 Å². The van der Waals surface area contributed by atoms with Gasteiger partial charge >= 0.3 is 0 Å². The van der Waals surface area contributed by atoms with Crippen molar-refractivity contribution in [3.05, 3.63) is 59.7 Å². The Morgan fingerprint density at radius 2 is 1.68 bits per heavy atom. The topological polar surface area (TPSA) is 98.8 Å². The van der Waals surface area contributed by atoms with Gasteiger partial charge in [0.15, 0.2) is 4.84 Å². The molecule has 31 heavy (non-hydrogen) atoms. The fraction of sp³-hybridized carbons (Fsp3) is 0.409. The maximum Gasteiger partial charge on any atom is 0.253 e. The first kappa shape index (κ1) is 23.9. The number of nitrogens with two attached hydrogens (primary N) is 1. The van der Waals surface area contributed by atoms with Crippen LogP contribution in [-0.2, 0) is 11.3 Å². The van der Waals surface area contributed by atoms with Gasteiger partial charge in [-0.3, -0.25) is 9.69 Å². The summed E-state index contributed by atoms with van der Waals surface area (Å²) in [6.07, 6.45) is -1.24. The number of amides is 1. The van der Waals surface area contributed by atoms with Gasteiger partial charge in [0, 0.05) is 26.2 Å². The predicted molar refractivity (Wildman–Crippen MR) is 120 cm³/mol. The van der Waals surface area contributed by atoms with Gasteiger partial charge < -0.3 is 21.3 Å². The number of nitrogens with zero attached hydrogens (tertiary/aromatic N) is 1. The molecule has 0 aromatic heterocycles. The molecule has 2 unspecified atom stereocenters. The van der Waals surface area contributed by atoms with Gasteiger partial charge in [0.05, 0.1) is 6.04 Å². The zero-order chi connectivity index (χ0) is 22.6. The zero-order valence-corrected chi connectivity index (χ0v) is 18.4. The van der Waals surface area contributed by atoms with Crippen LogP contribution in [0, 0.1) is 0 Å². The average Bonchev–Trinajstić information content (AvgIpc) is 2.76. The SMILES string of the molecule is NCC1(O)CN(Cc2ccc(-c3ccc(C(O)C(CF)NC(=O)C(Cl)Cl)cc3)cc2)C1. The lowest BCUT2D eigenvalue weighted by atomic mass is 9.93. The minimum atomic E-state index is -1.33. The van der Waals surface area contributed by atoms with Crippen molar-refractivity contribution in [2.75, 3.05) is 26.3 Å². The third-order valence-electron chi connectivity index (χ3n) is 5.43. The van der Waals surface area contributed by atoms with Crippen molar-refractivity contribution in [1.29, 1.82) is 0 Å². The summed E-state index contributed by atoms with van der Waals surface area (Å²) in [6, 6.07) is 14.0. The zero-order valence-electron chi connectivity index (χ0n) is 16.8. The van der Waals surface area contributed by atoms with Crippen molar-refractivity contribution in [3.8, 4) is 11.1 Å². The molecule has 9 heteroatoms. The third kappa shape index (κ3) is 5.94. The number of alkyl halides is 3. The molecule has 1 heterocycles. The number of β-amino-alcohol motifs (C(OH)–C–C–N with tert-alkyl or cyclic N) is 1. The molecule has 2 aromatic carbocycles. The number of benzene rings is 2. The van der Waals surface area contributed by atoms with Crippen LogP contribution in [0.3, 0.4) is 0 Å². The Balaban J connectivity index is 1.61. The molecule has 3 rings (SSSR count).